The Balaban J connectivity index is 0.00000341. The number of aliphatic imine (C=N–C) groups is 1. The maximum absolute atomic E-state index is 12.4. The molecule has 1 amide bonds. The van der Waals surface area contributed by atoms with Gasteiger partial charge in [0.2, 0.25) is 5.91 Å². The van der Waals surface area contributed by atoms with Gasteiger partial charge in [0.15, 0.2) is 11.8 Å². The second kappa shape index (κ2) is 12.5. The van der Waals surface area contributed by atoms with Crippen molar-refractivity contribution in [1.82, 2.24) is 35.3 Å². The Hall–Kier alpha value is -2.28. The zero-order valence-electron chi connectivity index (χ0n) is 18.2. The third-order valence-electron chi connectivity index (χ3n) is 5.00. The standard InChI is InChI=1S/C20H30N8O2.HI/c1-21-20(23-12-19(29)27(2)11-9-15-6-4-5-10-22-15)24-16-7-8-18-25-17(14-30-3)26-28(18)13-16;/h4-6,10,16H,7-9,11-14H2,1-3H3,(H2,21,23,24);1H. The Labute approximate surface area is 199 Å². The fourth-order valence-corrected chi connectivity index (χ4v) is 3.30. The molecule has 2 N–H and O–H groups in total. The van der Waals surface area contributed by atoms with Crippen molar-refractivity contribution in [3.8, 4) is 0 Å². The third kappa shape index (κ3) is 7.42. The molecule has 0 aromatic carbocycles. The zero-order chi connectivity index (χ0) is 21.3. The van der Waals surface area contributed by atoms with Gasteiger partial charge in [-0.25, -0.2) is 9.67 Å². The van der Waals surface area contributed by atoms with Crippen molar-refractivity contribution in [2.45, 2.75) is 38.5 Å². The lowest BCUT2D eigenvalue weighted by atomic mass is 10.1. The van der Waals surface area contributed by atoms with Gasteiger partial charge in [-0.3, -0.25) is 14.8 Å². The maximum atomic E-state index is 12.4. The molecule has 1 atom stereocenters. The molecule has 3 rings (SSSR count). The first kappa shape index (κ1) is 25.0. The number of amides is 1. The largest absolute Gasteiger partial charge is 0.377 e. The Morgan fingerprint density at radius 3 is 2.97 bits per heavy atom. The summed E-state index contributed by atoms with van der Waals surface area (Å²) in [7, 11) is 5.14. The Morgan fingerprint density at radius 1 is 1.42 bits per heavy atom. The van der Waals surface area contributed by atoms with E-state index in [4.69, 9.17) is 4.74 Å². The van der Waals surface area contributed by atoms with Crippen LogP contribution in [0, 0.1) is 0 Å². The van der Waals surface area contributed by atoms with Crippen molar-refractivity contribution in [3.05, 3.63) is 41.7 Å². The molecular weight excluding hydrogens is 511 g/mol. The number of carbonyl (C=O) groups is 1. The number of hydrogen-bond acceptors (Lipinski definition) is 6. The van der Waals surface area contributed by atoms with E-state index in [2.05, 4.69) is 30.7 Å². The summed E-state index contributed by atoms with van der Waals surface area (Å²) in [6.45, 7) is 1.91. The average molecular weight is 542 g/mol. The molecule has 0 fully saturated rings. The summed E-state index contributed by atoms with van der Waals surface area (Å²) < 4.78 is 7.02. The van der Waals surface area contributed by atoms with E-state index in [-0.39, 0.29) is 42.5 Å². The number of methoxy groups -OCH3 is 1. The number of hydrogen-bond donors (Lipinski definition) is 2. The van der Waals surface area contributed by atoms with Gasteiger partial charge < -0.3 is 20.3 Å². The van der Waals surface area contributed by atoms with Crippen LogP contribution in [0.15, 0.2) is 29.4 Å². The van der Waals surface area contributed by atoms with Crippen LogP contribution < -0.4 is 10.6 Å². The second-order valence-corrected chi connectivity index (χ2v) is 7.25. The molecule has 2 aromatic rings. The summed E-state index contributed by atoms with van der Waals surface area (Å²) in [4.78, 5) is 27.2. The molecule has 0 saturated heterocycles. The molecule has 31 heavy (non-hydrogen) atoms. The molecule has 0 bridgehead atoms. The normalized spacial score (nSPS) is 15.6. The summed E-state index contributed by atoms with van der Waals surface area (Å²) in [6.07, 6.45) is 4.24. The topological polar surface area (TPSA) is 110 Å². The Kier molecular flexibility index (Phi) is 10.1. The number of likely N-dealkylation sites (N-methyl/N-ethyl adjacent to an activating group) is 1. The van der Waals surface area contributed by atoms with Crippen LogP contribution in [0.4, 0.5) is 0 Å². The first-order valence-electron chi connectivity index (χ1n) is 10.1. The van der Waals surface area contributed by atoms with Crippen LogP contribution in [-0.4, -0.2) is 76.9 Å². The van der Waals surface area contributed by atoms with Gasteiger partial charge in [-0.15, -0.1) is 24.0 Å². The van der Waals surface area contributed by atoms with E-state index in [9.17, 15) is 4.79 Å². The number of ether oxygens (including phenoxy) is 1. The summed E-state index contributed by atoms with van der Waals surface area (Å²) in [6, 6.07) is 5.96. The molecule has 1 aliphatic heterocycles. The van der Waals surface area contributed by atoms with Crippen molar-refractivity contribution < 1.29 is 9.53 Å². The van der Waals surface area contributed by atoms with Gasteiger partial charge in [0.1, 0.15) is 12.4 Å². The molecule has 10 nitrogen and oxygen atoms in total. The first-order chi connectivity index (χ1) is 14.6. The highest BCUT2D eigenvalue weighted by molar-refractivity contribution is 14.0. The fraction of sp³-hybridized carbons (Fsp3) is 0.550. The number of fused-ring (bicyclic) bond motifs is 1. The molecule has 2 aromatic heterocycles. The Bertz CT molecular complexity index is 858. The van der Waals surface area contributed by atoms with Crippen molar-refractivity contribution in [3.63, 3.8) is 0 Å². The molecule has 0 aliphatic carbocycles. The molecule has 11 heteroatoms. The second-order valence-electron chi connectivity index (χ2n) is 7.25. The number of guanidine groups is 1. The monoisotopic (exact) mass is 542 g/mol. The van der Waals surface area contributed by atoms with E-state index in [1.54, 1.807) is 32.3 Å². The predicted molar refractivity (Wildman–Crippen MR) is 128 cm³/mol. The lowest BCUT2D eigenvalue weighted by molar-refractivity contribution is -0.128. The average Bonchev–Trinajstić information content (AvgIpc) is 3.17. The highest BCUT2D eigenvalue weighted by Crippen LogP contribution is 2.13. The molecule has 170 valence electrons. The molecular formula is C20H31IN8O2. The van der Waals surface area contributed by atoms with E-state index >= 15 is 0 Å². The zero-order valence-corrected chi connectivity index (χ0v) is 20.6. The van der Waals surface area contributed by atoms with Crippen molar-refractivity contribution in [2.24, 2.45) is 4.99 Å². The minimum absolute atomic E-state index is 0. The summed E-state index contributed by atoms with van der Waals surface area (Å²) in [5, 5.41) is 11.0. The highest BCUT2D eigenvalue weighted by Gasteiger charge is 2.22. The van der Waals surface area contributed by atoms with E-state index in [1.165, 1.54) is 0 Å². The van der Waals surface area contributed by atoms with Gasteiger partial charge in [-0.2, -0.15) is 5.10 Å². The van der Waals surface area contributed by atoms with Gasteiger partial charge in [0.05, 0.1) is 13.1 Å². The van der Waals surface area contributed by atoms with Gasteiger partial charge >= 0.3 is 0 Å². The quantitative estimate of drug-likeness (QED) is 0.286. The summed E-state index contributed by atoms with van der Waals surface area (Å²) >= 11 is 0. The molecule has 0 spiro atoms. The number of nitrogens with zero attached hydrogens (tertiary/aromatic N) is 6. The summed E-state index contributed by atoms with van der Waals surface area (Å²) in [5.41, 5.74) is 0.973. The van der Waals surface area contributed by atoms with Crippen LogP contribution >= 0.6 is 24.0 Å². The van der Waals surface area contributed by atoms with Crippen LogP contribution in [0.1, 0.15) is 23.8 Å². The SMILES string of the molecule is CN=C(NCC(=O)N(C)CCc1ccccn1)NC1CCc2nc(COC)nn2C1.I. The first-order valence-corrected chi connectivity index (χ1v) is 10.1. The van der Waals surface area contributed by atoms with Crippen LogP contribution in [0.3, 0.4) is 0 Å². The fourth-order valence-electron chi connectivity index (χ4n) is 3.30. The highest BCUT2D eigenvalue weighted by atomic mass is 127. The number of aromatic nitrogens is 4. The van der Waals surface area contributed by atoms with Crippen molar-refractivity contribution in [2.75, 3.05) is 34.3 Å². The van der Waals surface area contributed by atoms with Gasteiger partial charge in [0, 0.05) is 58.5 Å². The van der Waals surface area contributed by atoms with Crippen molar-refractivity contribution >= 4 is 35.8 Å². The molecule has 0 radical (unpaired) electrons. The van der Waals surface area contributed by atoms with Crippen LogP contribution in [0.5, 0.6) is 0 Å². The van der Waals surface area contributed by atoms with Gasteiger partial charge in [-0.1, -0.05) is 6.07 Å². The number of halogens is 1. The molecule has 1 unspecified atom stereocenters. The molecule has 3 heterocycles. The van der Waals surface area contributed by atoms with E-state index in [0.717, 1.165) is 30.8 Å². The van der Waals surface area contributed by atoms with E-state index in [0.29, 0.717) is 31.5 Å². The Morgan fingerprint density at radius 2 is 2.26 bits per heavy atom. The number of nitrogens with one attached hydrogen (secondary N) is 2. The number of rotatable bonds is 8. The van der Waals surface area contributed by atoms with Gasteiger partial charge in [-0.05, 0) is 18.6 Å². The third-order valence-corrected chi connectivity index (χ3v) is 5.00. The maximum Gasteiger partial charge on any atom is 0.241 e. The lowest BCUT2D eigenvalue weighted by Crippen LogP contribution is -2.49. The van der Waals surface area contributed by atoms with E-state index < -0.39 is 0 Å². The van der Waals surface area contributed by atoms with E-state index in [1.807, 2.05) is 22.9 Å². The summed E-state index contributed by atoms with van der Waals surface area (Å²) in [5.74, 6) is 2.29. The number of aryl methyl sites for hydroxylation is 1. The van der Waals surface area contributed by atoms with Crippen molar-refractivity contribution in [1.29, 1.82) is 0 Å². The molecule has 1 aliphatic rings. The van der Waals surface area contributed by atoms with Gasteiger partial charge in [0.25, 0.3) is 0 Å². The smallest absolute Gasteiger partial charge is 0.241 e. The minimum atomic E-state index is 0. The molecule has 0 saturated carbocycles. The number of carbonyl (C=O) groups excluding carboxylic acids is 1. The number of pyridine rings is 1. The van der Waals surface area contributed by atoms with Crippen LogP contribution in [0.25, 0.3) is 0 Å². The van der Waals surface area contributed by atoms with Crippen LogP contribution in [-0.2, 0) is 35.5 Å². The predicted octanol–water partition coefficient (Wildman–Crippen LogP) is 0.618. The lowest BCUT2D eigenvalue weighted by Gasteiger charge is -2.25. The van der Waals surface area contributed by atoms with Crippen LogP contribution in [0.2, 0.25) is 0 Å². The minimum Gasteiger partial charge on any atom is -0.377 e.